The Labute approximate surface area is 148 Å². The largest absolute Gasteiger partial charge is 0.489 e. The van der Waals surface area contributed by atoms with E-state index in [1.165, 1.54) is 0 Å². The van der Waals surface area contributed by atoms with Crippen molar-refractivity contribution in [3.63, 3.8) is 0 Å². The van der Waals surface area contributed by atoms with E-state index in [9.17, 15) is 4.21 Å². The van der Waals surface area contributed by atoms with Gasteiger partial charge in [0.2, 0.25) is 0 Å². The number of aryl methyl sites for hydroxylation is 1. The molecule has 136 valence electrons. The van der Waals surface area contributed by atoms with Crippen molar-refractivity contribution in [3.8, 4) is 5.75 Å². The van der Waals surface area contributed by atoms with E-state index >= 15 is 0 Å². The van der Waals surface area contributed by atoms with Gasteiger partial charge in [-0.1, -0.05) is 18.2 Å². The predicted octanol–water partition coefficient (Wildman–Crippen LogP) is 2.47. The molecule has 5 nitrogen and oxygen atoms in total. The first-order chi connectivity index (χ1) is 11.2. The number of hydrogen-bond donors (Lipinski definition) is 2. The molecule has 0 bridgehead atoms. The summed E-state index contributed by atoms with van der Waals surface area (Å²) >= 11 is 0. The maximum Gasteiger partial charge on any atom is 0.191 e. The molecule has 0 spiro atoms. The van der Waals surface area contributed by atoms with Crippen LogP contribution in [0.5, 0.6) is 5.75 Å². The Kier molecular flexibility index (Phi) is 8.25. The normalized spacial score (nSPS) is 14.8. The third-order valence-electron chi connectivity index (χ3n) is 3.47. The highest BCUT2D eigenvalue weighted by Gasteiger charge is 2.18. The van der Waals surface area contributed by atoms with Crippen molar-refractivity contribution in [3.05, 3.63) is 29.8 Å². The van der Waals surface area contributed by atoms with Gasteiger partial charge in [0.05, 0.1) is 6.54 Å². The van der Waals surface area contributed by atoms with E-state index in [1.54, 1.807) is 7.05 Å². The molecule has 1 rings (SSSR count). The number of rotatable bonds is 7. The molecular formula is C18H31N3O2S. The van der Waals surface area contributed by atoms with E-state index in [2.05, 4.69) is 15.6 Å². The monoisotopic (exact) mass is 353 g/mol. The number of hydrogen-bond acceptors (Lipinski definition) is 3. The Hall–Kier alpha value is -1.56. The number of guanidine groups is 1. The zero-order valence-corrected chi connectivity index (χ0v) is 16.5. The molecule has 0 saturated heterocycles. The lowest BCUT2D eigenvalue weighted by Gasteiger charge is -2.20. The van der Waals surface area contributed by atoms with Crippen molar-refractivity contribution in [1.82, 2.24) is 10.6 Å². The molecule has 6 heteroatoms. The zero-order chi connectivity index (χ0) is 18.2. The summed E-state index contributed by atoms with van der Waals surface area (Å²) in [5.41, 5.74) is 1.12. The number of benzene rings is 1. The average molecular weight is 354 g/mol. The minimum Gasteiger partial charge on any atom is -0.489 e. The second kappa shape index (κ2) is 9.67. The molecule has 0 aliphatic heterocycles. The molecular weight excluding hydrogens is 322 g/mol. The zero-order valence-electron chi connectivity index (χ0n) is 15.7. The topological polar surface area (TPSA) is 62.7 Å². The number of para-hydroxylation sites is 1. The molecule has 0 aliphatic rings. The lowest BCUT2D eigenvalue weighted by Crippen LogP contribution is -2.43. The summed E-state index contributed by atoms with van der Waals surface area (Å²) in [5, 5.41) is 6.43. The summed E-state index contributed by atoms with van der Waals surface area (Å²) < 4.78 is 17.8. The van der Waals surface area contributed by atoms with Crippen molar-refractivity contribution in [2.24, 2.45) is 4.99 Å². The van der Waals surface area contributed by atoms with Crippen LogP contribution in [-0.2, 0) is 10.8 Å². The van der Waals surface area contributed by atoms with Gasteiger partial charge in [-0.05, 0) is 46.2 Å². The highest BCUT2D eigenvalue weighted by atomic mass is 32.2. The summed E-state index contributed by atoms with van der Waals surface area (Å²) in [7, 11) is 0.858. The van der Waals surface area contributed by atoms with Crippen LogP contribution >= 0.6 is 0 Å². The van der Waals surface area contributed by atoms with Crippen LogP contribution in [0.2, 0.25) is 0 Å². The van der Waals surface area contributed by atoms with Crippen LogP contribution in [0.25, 0.3) is 0 Å². The molecule has 1 aromatic carbocycles. The highest BCUT2D eigenvalue weighted by Crippen LogP contribution is 2.17. The predicted molar refractivity (Wildman–Crippen MR) is 103 cm³/mol. The third kappa shape index (κ3) is 7.34. The lowest BCUT2D eigenvalue weighted by molar-refractivity contribution is 0.222. The van der Waals surface area contributed by atoms with E-state index in [4.69, 9.17) is 4.74 Å². The SMILES string of the molecule is CN=C(NCCS(=O)C(C)(C)C)NCC(C)Oc1ccccc1C. The Morgan fingerprint density at radius 3 is 2.54 bits per heavy atom. The van der Waals surface area contributed by atoms with Gasteiger partial charge in [0.15, 0.2) is 5.96 Å². The van der Waals surface area contributed by atoms with Gasteiger partial charge in [-0.25, -0.2) is 0 Å². The smallest absolute Gasteiger partial charge is 0.191 e. The highest BCUT2D eigenvalue weighted by molar-refractivity contribution is 7.86. The summed E-state index contributed by atoms with van der Waals surface area (Å²) in [6, 6.07) is 7.97. The second-order valence-electron chi connectivity index (χ2n) is 6.74. The number of ether oxygens (including phenoxy) is 1. The number of aliphatic imine (C=N–C) groups is 1. The molecule has 0 radical (unpaired) electrons. The minimum atomic E-state index is -0.868. The van der Waals surface area contributed by atoms with Gasteiger partial charge < -0.3 is 15.4 Å². The minimum absolute atomic E-state index is 0.00774. The van der Waals surface area contributed by atoms with Crippen LogP contribution in [0.4, 0.5) is 0 Å². The Morgan fingerprint density at radius 2 is 1.96 bits per heavy atom. The lowest BCUT2D eigenvalue weighted by atomic mass is 10.2. The first-order valence-corrected chi connectivity index (χ1v) is 9.61. The van der Waals surface area contributed by atoms with Crippen LogP contribution in [0, 0.1) is 6.92 Å². The molecule has 2 unspecified atom stereocenters. The quantitative estimate of drug-likeness (QED) is 0.584. The summed E-state index contributed by atoms with van der Waals surface area (Å²) in [6.45, 7) is 11.3. The van der Waals surface area contributed by atoms with Gasteiger partial charge in [0.25, 0.3) is 0 Å². The Balaban J connectivity index is 2.36. The number of nitrogens with one attached hydrogen (secondary N) is 2. The maximum atomic E-state index is 12.0. The molecule has 0 amide bonds. The van der Waals surface area contributed by atoms with Crippen LogP contribution in [0.3, 0.4) is 0 Å². The van der Waals surface area contributed by atoms with Gasteiger partial charge in [0.1, 0.15) is 11.9 Å². The molecule has 0 aromatic heterocycles. The molecule has 0 heterocycles. The molecule has 0 fully saturated rings. The van der Waals surface area contributed by atoms with Gasteiger partial charge >= 0.3 is 0 Å². The molecule has 0 aliphatic carbocycles. The van der Waals surface area contributed by atoms with Crippen LogP contribution in [0.1, 0.15) is 33.3 Å². The van der Waals surface area contributed by atoms with E-state index in [1.807, 2.05) is 58.9 Å². The van der Waals surface area contributed by atoms with E-state index in [0.29, 0.717) is 24.8 Å². The van der Waals surface area contributed by atoms with E-state index < -0.39 is 10.8 Å². The number of nitrogens with zero attached hydrogens (tertiary/aromatic N) is 1. The van der Waals surface area contributed by atoms with Crippen LogP contribution < -0.4 is 15.4 Å². The fraction of sp³-hybridized carbons (Fsp3) is 0.611. The van der Waals surface area contributed by atoms with Gasteiger partial charge in [0, 0.05) is 34.9 Å². The standard InChI is InChI=1S/C18H31N3O2S/c1-14-9-7-8-10-16(14)23-15(2)13-21-17(19-6)20-11-12-24(22)18(3,4)5/h7-10,15H,11-13H2,1-6H3,(H2,19,20,21). The fourth-order valence-corrected chi connectivity index (χ4v) is 2.88. The van der Waals surface area contributed by atoms with Gasteiger partial charge in [-0.15, -0.1) is 0 Å². The average Bonchev–Trinajstić information content (AvgIpc) is 2.51. The van der Waals surface area contributed by atoms with Crippen LogP contribution in [-0.4, -0.2) is 46.9 Å². The molecule has 2 N–H and O–H groups in total. The molecule has 1 aromatic rings. The van der Waals surface area contributed by atoms with Crippen molar-refractivity contribution in [1.29, 1.82) is 0 Å². The van der Waals surface area contributed by atoms with Crippen molar-refractivity contribution < 1.29 is 8.95 Å². The van der Waals surface area contributed by atoms with Gasteiger partial charge in [-0.2, -0.15) is 0 Å². The third-order valence-corrected chi connectivity index (χ3v) is 5.41. The fourth-order valence-electron chi connectivity index (χ4n) is 1.98. The summed E-state index contributed by atoms with van der Waals surface area (Å²) in [5.74, 6) is 2.19. The Bertz CT molecular complexity index is 568. The Morgan fingerprint density at radius 1 is 1.29 bits per heavy atom. The van der Waals surface area contributed by atoms with E-state index in [0.717, 1.165) is 11.3 Å². The van der Waals surface area contributed by atoms with Gasteiger partial charge in [-0.3, -0.25) is 9.20 Å². The van der Waals surface area contributed by atoms with E-state index in [-0.39, 0.29) is 10.9 Å². The first kappa shape index (κ1) is 20.5. The van der Waals surface area contributed by atoms with Crippen LogP contribution in [0.15, 0.2) is 29.3 Å². The van der Waals surface area contributed by atoms with Crippen molar-refractivity contribution in [2.45, 2.75) is 45.5 Å². The summed E-state index contributed by atoms with van der Waals surface area (Å²) in [4.78, 5) is 4.18. The maximum absolute atomic E-state index is 12.0. The molecule has 0 saturated carbocycles. The van der Waals surface area contributed by atoms with Crippen molar-refractivity contribution in [2.75, 3.05) is 25.9 Å². The molecule has 2 atom stereocenters. The second-order valence-corrected chi connectivity index (χ2v) is 9.06. The summed E-state index contributed by atoms with van der Waals surface area (Å²) in [6.07, 6.45) is 0.00774. The van der Waals surface area contributed by atoms with Crippen molar-refractivity contribution >= 4 is 16.8 Å². The first-order valence-electron chi connectivity index (χ1n) is 8.29. The molecule has 24 heavy (non-hydrogen) atoms.